The molecule has 10 heavy (non-hydrogen) atoms. The highest BCUT2D eigenvalue weighted by molar-refractivity contribution is 4.84. The van der Waals surface area contributed by atoms with Crippen molar-refractivity contribution in [3.05, 3.63) is 12.7 Å². The maximum absolute atomic E-state index is 9.17. The molecule has 0 radical (unpaired) electrons. The van der Waals surface area contributed by atoms with E-state index in [4.69, 9.17) is 10.2 Å². The summed E-state index contributed by atoms with van der Waals surface area (Å²) in [6.45, 7) is 7.38. The second kappa shape index (κ2) is 4.47. The molecule has 0 aliphatic heterocycles. The predicted molar refractivity (Wildman–Crippen MR) is 41.7 cm³/mol. The highest BCUT2D eigenvalue weighted by Gasteiger charge is 2.13. The number of aliphatic hydroxyl groups is 2. The molecule has 0 aliphatic carbocycles. The summed E-state index contributed by atoms with van der Waals surface area (Å²) in [5.74, 6) is 0.407. The quantitative estimate of drug-likeness (QED) is 0.576. The monoisotopic (exact) mass is 144 g/mol. The minimum atomic E-state index is -0.776. The van der Waals surface area contributed by atoms with Crippen LogP contribution >= 0.6 is 0 Å². The van der Waals surface area contributed by atoms with Crippen molar-refractivity contribution < 1.29 is 10.2 Å². The summed E-state index contributed by atoms with van der Waals surface area (Å²) in [4.78, 5) is 0. The third-order valence-corrected chi connectivity index (χ3v) is 1.35. The Kier molecular flexibility index (Phi) is 4.32. The van der Waals surface area contributed by atoms with Crippen molar-refractivity contribution in [1.29, 1.82) is 0 Å². The summed E-state index contributed by atoms with van der Waals surface area (Å²) >= 11 is 0. The van der Waals surface area contributed by atoms with Crippen LogP contribution in [0.25, 0.3) is 0 Å². The SMILES string of the molecule is C=C[C@@H](O)[C@@H](O)CC(C)C. The second-order valence-electron chi connectivity index (χ2n) is 2.92. The van der Waals surface area contributed by atoms with E-state index in [-0.39, 0.29) is 0 Å². The molecule has 2 nitrogen and oxygen atoms in total. The van der Waals surface area contributed by atoms with Gasteiger partial charge in [-0.1, -0.05) is 19.9 Å². The van der Waals surface area contributed by atoms with E-state index in [2.05, 4.69) is 6.58 Å². The predicted octanol–water partition coefficient (Wildman–Crippen LogP) is 0.940. The van der Waals surface area contributed by atoms with Gasteiger partial charge in [-0.2, -0.15) is 0 Å². The molecule has 0 aromatic carbocycles. The highest BCUT2D eigenvalue weighted by Crippen LogP contribution is 2.07. The molecular weight excluding hydrogens is 128 g/mol. The molecule has 0 spiro atoms. The first-order valence-corrected chi connectivity index (χ1v) is 3.56. The molecule has 0 aromatic rings. The van der Waals surface area contributed by atoms with E-state index in [1.807, 2.05) is 13.8 Å². The van der Waals surface area contributed by atoms with E-state index in [9.17, 15) is 0 Å². The number of rotatable bonds is 4. The minimum Gasteiger partial charge on any atom is -0.390 e. The average molecular weight is 144 g/mol. The molecule has 2 heteroatoms. The van der Waals surface area contributed by atoms with E-state index < -0.39 is 12.2 Å². The van der Waals surface area contributed by atoms with Crippen LogP contribution in [0.1, 0.15) is 20.3 Å². The van der Waals surface area contributed by atoms with E-state index in [1.165, 1.54) is 6.08 Å². The number of aliphatic hydroxyl groups excluding tert-OH is 2. The van der Waals surface area contributed by atoms with E-state index in [0.717, 1.165) is 0 Å². The van der Waals surface area contributed by atoms with Crippen LogP contribution in [-0.2, 0) is 0 Å². The van der Waals surface area contributed by atoms with Crippen molar-refractivity contribution in [3.8, 4) is 0 Å². The molecular formula is C8H16O2. The zero-order valence-electron chi connectivity index (χ0n) is 6.62. The summed E-state index contributed by atoms with van der Waals surface area (Å²) < 4.78 is 0. The molecule has 0 aliphatic rings. The first-order chi connectivity index (χ1) is 4.57. The van der Waals surface area contributed by atoms with E-state index in [0.29, 0.717) is 12.3 Å². The largest absolute Gasteiger partial charge is 0.390 e. The fraction of sp³-hybridized carbons (Fsp3) is 0.750. The third-order valence-electron chi connectivity index (χ3n) is 1.35. The zero-order chi connectivity index (χ0) is 8.15. The van der Waals surface area contributed by atoms with Crippen LogP contribution in [0.15, 0.2) is 12.7 Å². The zero-order valence-corrected chi connectivity index (χ0v) is 6.62. The Balaban J connectivity index is 3.60. The Hall–Kier alpha value is -0.340. The standard InChI is InChI=1S/C8H16O2/c1-4-7(9)8(10)5-6(2)3/h4,6-10H,1,5H2,2-3H3/t7-,8+/m1/s1. The second-order valence-corrected chi connectivity index (χ2v) is 2.92. The Bertz CT molecular complexity index is 99.4. The Labute approximate surface area is 62.2 Å². The van der Waals surface area contributed by atoms with Crippen LogP contribution in [0.2, 0.25) is 0 Å². The lowest BCUT2D eigenvalue weighted by molar-refractivity contribution is 0.0353. The van der Waals surface area contributed by atoms with Gasteiger partial charge < -0.3 is 10.2 Å². The van der Waals surface area contributed by atoms with Crippen molar-refractivity contribution in [3.63, 3.8) is 0 Å². The van der Waals surface area contributed by atoms with Crippen LogP contribution in [0.4, 0.5) is 0 Å². The fourth-order valence-electron chi connectivity index (χ4n) is 0.779. The lowest BCUT2D eigenvalue weighted by Crippen LogP contribution is -2.24. The van der Waals surface area contributed by atoms with Crippen molar-refractivity contribution >= 4 is 0 Å². The highest BCUT2D eigenvalue weighted by atomic mass is 16.3. The fourth-order valence-corrected chi connectivity index (χ4v) is 0.779. The molecule has 0 aromatic heterocycles. The molecule has 2 N–H and O–H groups in total. The topological polar surface area (TPSA) is 40.5 Å². The van der Waals surface area contributed by atoms with Gasteiger partial charge in [0.05, 0.1) is 12.2 Å². The smallest absolute Gasteiger partial charge is 0.0977 e. The van der Waals surface area contributed by atoms with Gasteiger partial charge in [-0.15, -0.1) is 6.58 Å². The number of hydrogen-bond acceptors (Lipinski definition) is 2. The van der Waals surface area contributed by atoms with Gasteiger partial charge in [0.1, 0.15) is 0 Å². The first kappa shape index (κ1) is 9.66. The van der Waals surface area contributed by atoms with E-state index in [1.54, 1.807) is 0 Å². The van der Waals surface area contributed by atoms with Crippen LogP contribution in [0.5, 0.6) is 0 Å². The summed E-state index contributed by atoms with van der Waals surface area (Å²) in [7, 11) is 0. The number of hydrogen-bond donors (Lipinski definition) is 2. The minimum absolute atomic E-state index is 0.407. The summed E-state index contributed by atoms with van der Waals surface area (Å²) in [6, 6.07) is 0. The maximum Gasteiger partial charge on any atom is 0.0977 e. The normalized spacial score (nSPS) is 16.9. The summed E-state index contributed by atoms with van der Waals surface area (Å²) in [5.41, 5.74) is 0. The van der Waals surface area contributed by atoms with Gasteiger partial charge in [0.15, 0.2) is 0 Å². The third kappa shape index (κ3) is 3.64. The molecule has 2 atom stereocenters. The summed E-state index contributed by atoms with van der Waals surface area (Å²) in [6.07, 6.45) is 0.542. The van der Waals surface area contributed by atoms with Crippen molar-refractivity contribution in [2.75, 3.05) is 0 Å². The average Bonchev–Trinajstić information content (AvgIpc) is 1.85. The molecule has 0 fully saturated rings. The van der Waals surface area contributed by atoms with Gasteiger partial charge >= 0.3 is 0 Å². The van der Waals surface area contributed by atoms with E-state index >= 15 is 0 Å². The molecule has 0 saturated carbocycles. The van der Waals surface area contributed by atoms with Gasteiger partial charge in [-0.05, 0) is 12.3 Å². The molecule has 0 saturated heterocycles. The molecule has 0 bridgehead atoms. The van der Waals surface area contributed by atoms with Gasteiger partial charge in [0.25, 0.3) is 0 Å². The lowest BCUT2D eigenvalue weighted by Gasteiger charge is -2.15. The van der Waals surface area contributed by atoms with Crippen LogP contribution < -0.4 is 0 Å². The Morgan fingerprint density at radius 1 is 1.40 bits per heavy atom. The summed E-state index contributed by atoms with van der Waals surface area (Å²) in [5, 5.41) is 18.2. The van der Waals surface area contributed by atoms with Crippen molar-refractivity contribution in [2.45, 2.75) is 32.5 Å². The van der Waals surface area contributed by atoms with Crippen LogP contribution in [-0.4, -0.2) is 22.4 Å². The molecule has 0 unspecified atom stereocenters. The molecule has 0 rings (SSSR count). The Morgan fingerprint density at radius 3 is 2.20 bits per heavy atom. The maximum atomic E-state index is 9.17. The van der Waals surface area contributed by atoms with Gasteiger partial charge in [0.2, 0.25) is 0 Å². The van der Waals surface area contributed by atoms with Crippen molar-refractivity contribution in [2.24, 2.45) is 5.92 Å². The molecule has 60 valence electrons. The molecule has 0 amide bonds. The Morgan fingerprint density at radius 2 is 1.90 bits per heavy atom. The van der Waals surface area contributed by atoms with Gasteiger partial charge in [-0.3, -0.25) is 0 Å². The first-order valence-electron chi connectivity index (χ1n) is 3.56. The van der Waals surface area contributed by atoms with Crippen LogP contribution in [0.3, 0.4) is 0 Å². The van der Waals surface area contributed by atoms with Gasteiger partial charge in [0, 0.05) is 0 Å². The van der Waals surface area contributed by atoms with Gasteiger partial charge in [-0.25, -0.2) is 0 Å². The molecule has 0 heterocycles. The lowest BCUT2D eigenvalue weighted by atomic mass is 10.0. The van der Waals surface area contributed by atoms with Crippen molar-refractivity contribution in [1.82, 2.24) is 0 Å². The van der Waals surface area contributed by atoms with Crippen LogP contribution in [0, 0.1) is 5.92 Å².